The highest BCUT2D eigenvalue weighted by molar-refractivity contribution is 5.95. The van der Waals surface area contributed by atoms with Gasteiger partial charge in [0.1, 0.15) is 17.2 Å². The quantitative estimate of drug-likeness (QED) is 0.279. The Morgan fingerprint density at radius 3 is 2.33 bits per heavy atom. The highest BCUT2D eigenvalue weighted by Gasteiger charge is 2.30. The van der Waals surface area contributed by atoms with Gasteiger partial charge in [-0.15, -0.1) is 0 Å². The number of methoxy groups -OCH3 is 2. The SMILES string of the molecule is COc1ccc(-c2nn(-c3cc(C)ccc3C)c(OC(C)=O)c2-c2ccc(NC(=O)C3CC3)cc2)c(OC)c1. The van der Waals surface area contributed by atoms with Crippen molar-refractivity contribution >= 4 is 17.6 Å². The first-order chi connectivity index (χ1) is 18.8. The molecule has 3 aromatic carbocycles. The van der Waals surface area contributed by atoms with E-state index in [0.29, 0.717) is 39.9 Å². The molecular weight excluding hydrogens is 494 g/mol. The van der Waals surface area contributed by atoms with E-state index in [0.717, 1.165) is 35.2 Å². The first-order valence-corrected chi connectivity index (χ1v) is 12.8. The van der Waals surface area contributed by atoms with Crippen LogP contribution in [0.5, 0.6) is 17.4 Å². The number of ether oxygens (including phenoxy) is 3. The van der Waals surface area contributed by atoms with Crippen molar-refractivity contribution in [2.24, 2.45) is 5.92 Å². The second kappa shape index (κ2) is 10.6. The van der Waals surface area contributed by atoms with Gasteiger partial charge in [0.2, 0.25) is 11.8 Å². The van der Waals surface area contributed by atoms with E-state index in [4.69, 9.17) is 19.3 Å². The zero-order chi connectivity index (χ0) is 27.7. The molecule has 39 heavy (non-hydrogen) atoms. The summed E-state index contributed by atoms with van der Waals surface area (Å²) in [7, 11) is 3.18. The van der Waals surface area contributed by atoms with Crippen molar-refractivity contribution in [2.75, 3.05) is 19.5 Å². The number of nitrogens with one attached hydrogen (secondary N) is 1. The van der Waals surface area contributed by atoms with E-state index in [9.17, 15) is 9.59 Å². The van der Waals surface area contributed by atoms with Gasteiger partial charge < -0.3 is 19.5 Å². The molecule has 1 aromatic heterocycles. The third kappa shape index (κ3) is 5.36. The molecule has 0 radical (unpaired) electrons. The molecular formula is C31H31N3O5. The molecule has 0 aliphatic heterocycles. The first kappa shape index (κ1) is 26.0. The van der Waals surface area contributed by atoms with E-state index in [-0.39, 0.29) is 11.8 Å². The molecule has 1 amide bonds. The minimum absolute atomic E-state index is 0.0368. The molecule has 1 heterocycles. The molecule has 4 aromatic rings. The number of rotatable bonds is 8. The molecule has 0 atom stereocenters. The van der Waals surface area contributed by atoms with Crippen LogP contribution in [-0.4, -0.2) is 35.9 Å². The Bertz CT molecular complexity index is 1550. The van der Waals surface area contributed by atoms with Crippen LogP contribution in [-0.2, 0) is 9.59 Å². The maximum atomic E-state index is 12.4. The number of aryl methyl sites for hydroxylation is 2. The molecule has 1 fully saturated rings. The lowest BCUT2D eigenvalue weighted by molar-refractivity contribution is -0.132. The van der Waals surface area contributed by atoms with Crippen LogP contribution in [0, 0.1) is 19.8 Å². The Kier molecular flexibility index (Phi) is 7.11. The molecule has 8 nitrogen and oxygen atoms in total. The number of esters is 1. The van der Waals surface area contributed by atoms with Gasteiger partial charge in [0.15, 0.2) is 0 Å². The van der Waals surface area contributed by atoms with Crippen molar-refractivity contribution in [1.82, 2.24) is 9.78 Å². The fourth-order valence-corrected chi connectivity index (χ4v) is 4.50. The summed E-state index contributed by atoms with van der Waals surface area (Å²) < 4.78 is 18.6. The number of nitrogens with zero attached hydrogens (tertiary/aromatic N) is 2. The second-order valence-electron chi connectivity index (χ2n) is 9.73. The van der Waals surface area contributed by atoms with E-state index in [1.165, 1.54) is 6.92 Å². The Hall–Kier alpha value is -4.59. The van der Waals surface area contributed by atoms with Gasteiger partial charge in [-0.2, -0.15) is 9.78 Å². The number of benzene rings is 3. The average molecular weight is 526 g/mol. The molecule has 0 saturated heterocycles. The van der Waals surface area contributed by atoms with Gasteiger partial charge in [0.25, 0.3) is 0 Å². The topological polar surface area (TPSA) is 91.7 Å². The predicted molar refractivity (Wildman–Crippen MR) is 150 cm³/mol. The van der Waals surface area contributed by atoms with E-state index < -0.39 is 5.97 Å². The smallest absolute Gasteiger partial charge is 0.309 e. The van der Waals surface area contributed by atoms with Crippen molar-refractivity contribution in [2.45, 2.75) is 33.6 Å². The van der Waals surface area contributed by atoms with Crippen LogP contribution >= 0.6 is 0 Å². The summed E-state index contributed by atoms with van der Waals surface area (Å²) in [5, 5.41) is 7.97. The van der Waals surface area contributed by atoms with Crippen LogP contribution in [0.15, 0.2) is 60.7 Å². The summed E-state index contributed by atoms with van der Waals surface area (Å²) in [6.45, 7) is 5.36. The standard InChI is InChI=1S/C31H31N3O5/c1-18-6-7-19(2)26(16-18)34-31(39-20(3)35)28(21-10-12-23(13-11-21)32-30(36)22-8-9-22)29(33-34)25-15-14-24(37-4)17-27(25)38-5/h6-7,10-17,22H,8-9H2,1-5H3,(H,32,36). The minimum atomic E-state index is -0.468. The summed E-state index contributed by atoms with van der Waals surface area (Å²) in [5.41, 5.74) is 6.16. The van der Waals surface area contributed by atoms with Crippen molar-refractivity contribution in [3.05, 3.63) is 71.8 Å². The van der Waals surface area contributed by atoms with Gasteiger partial charge in [-0.1, -0.05) is 24.3 Å². The van der Waals surface area contributed by atoms with Crippen molar-refractivity contribution in [3.8, 4) is 45.5 Å². The Balaban J connectivity index is 1.73. The number of hydrogen-bond donors (Lipinski definition) is 1. The molecule has 1 aliphatic carbocycles. The number of carbonyl (C=O) groups is 2. The van der Waals surface area contributed by atoms with Crippen LogP contribution in [0.4, 0.5) is 5.69 Å². The van der Waals surface area contributed by atoms with Gasteiger partial charge >= 0.3 is 5.97 Å². The van der Waals surface area contributed by atoms with E-state index >= 15 is 0 Å². The molecule has 5 rings (SSSR count). The van der Waals surface area contributed by atoms with Crippen LogP contribution in [0.2, 0.25) is 0 Å². The summed E-state index contributed by atoms with van der Waals surface area (Å²) in [6.07, 6.45) is 1.86. The Morgan fingerprint density at radius 2 is 1.69 bits per heavy atom. The van der Waals surface area contributed by atoms with Gasteiger partial charge in [0, 0.05) is 30.2 Å². The van der Waals surface area contributed by atoms with E-state index in [2.05, 4.69) is 5.32 Å². The highest BCUT2D eigenvalue weighted by atomic mass is 16.5. The van der Waals surface area contributed by atoms with E-state index in [1.807, 2.05) is 68.4 Å². The molecule has 0 bridgehead atoms. The van der Waals surface area contributed by atoms with Crippen molar-refractivity contribution < 1.29 is 23.8 Å². The van der Waals surface area contributed by atoms with E-state index in [1.54, 1.807) is 25.0 Å². The molecule has 0 unspecified atom stereocenters. The zero-order valence-electron chi connectivity index (χ0n) is 22.7. The average Bonchev–Trinajstić information content (AvgIpc) is 3.72. The van der Waals surface area contributed by atoms with Crippen LogP contribution in [0.1, 0.15) is 30.9 Å². The molecule has 1 saturated carbocycles. The lowest BCUT2D eigenvalue weighted by Crippen LogP contribution is -2.13. The number of aromatic nitrogens is 2. The number of carbonyl (C=O) groups excluding carboxylic acids is 2. The molecule has 8 heteroatoms. The molecule has 0 spiro atoms. The van der Waals surface area contributed by atoms with Crippen LogP contribution in [0.3, 0.4) is 0 Å². The van der Waals surface area contributed by atoms with Crippen molar-refractivity contribution in [3.63, 3.8) is 0 Å². The highest BCUT2D eigenvalue weighted by Crippen LogP contribution is 2.45. The zero-order valence-corrected chi connectivity index (χ0v) is 22.7. The van der Waals surface area contributed by atoms with Gasteiger partial charge in [0.05, 0.1) is 25.5 Å². The molecule has 1 aliphatic rings. The fraction of sp³-hybridized carbons (Fsp3) is 0.258. The maximum absolute atomic E-state index is 12.4. The predicted octanol–water partition coefficient (Wildman–Crippen LogP) is 6.11. The maximum Gasteiger partial charge on any atom is 0.309 e. The Labute approximate surface area is 227 Å². The minimum Gasteiger partial charge on any atom is -0.497 e. The van der Waals surface area contributed by atoms with Gasteiger partial charge in [-0.3, -0.25) is 9.59 Å². The normalized spacial score (nSPS) is 12.6. The third-order valence-corrected chi connectivity index (χ3v) is 6.73. The second-order valence-corrected chi connectivity index (χ2v) is 9.73. The fourth-order valence-electron chi connectivity index (χ4n) is 4.50. The lowest BCUT2D eigenvalue weighted by Gasteiger charge is -2.13. The van der Waals surface area contributed by atoms with Gasteiger partial charge in [-0.25, -0.2) is 0 Å². The largest absolute Gasteiger partial charge is 0.497 e. The van der Waals surface area contributed by atoms with Crippen LogP contribution < -0.4 is 19.5 Å². The lowest BCUT2D eigenvalue weighted by atomic mass is 10.00. The number of hydrogen-bond acceptors (Lipinski definition) is 6. The van der Waals surface area contributed by atoms with Crippen molar-refractivity contribution in [1.29, 1.82) is 0 Å². The summed E-state index contributed by atoms with van der Waals surface area (Å²) in [4.78, 5) is 24.7. The first-order valence-electron chi connectivity index (χ1n) is 12.8. The monoisotopic (exact) mass is 525 g/mol. The van der Waals surface area contributed by atoms with Gasteiger partial charge in [-0.05, 0) is 73.7 Å². The number of anilines is 1. The summed E-state index contributed by atoms with van der Waals surface area (Å²) in [6, 6.07) is 19.0. The molecule has 200 valence electrons. The summed E-state index contributed by atoms with van der Waals surface area (Å²) >= 11 is 0. The number of amides is 1. The summed E-state index contributed by atoms with van der Waals surface area (Å²) in [5.74, 6) is 1.16. The van der Waals surface area contributed by atoms with Crippen LogP contribution in [0.25, 0.3) is 28.1 Å². The third-order valence-electron chi connectivity index (χ3n) is 6.73. The Morgan fingerprint density at radius 1 is 0.949 bits per heavy atom. The molecule has 1 N–H and O–H groups in total.